The summed E-state index contributed by atoms with van der Waals surface area (Å²) in [6.45, 7) is 5.80. The van der Waals surface area contributed by atoms with E-state index in [0.29, 0.717) is 25.4 Å². The van der Waals surface area contributed by atoms with Crippen LogP contribution in [0.15, 0.2) is 35.4 Å². The van der Waals surface area contributed by atoms with E-state index < -0.39 is 22.0 Å². The molecule has 0 spiro atoms. The van der Waals surface area contributed by atoms with E-state index in [2.05, 4.69) is 40.9 Å². The number of nitrogens with one attached hydrogen (secondary N) is 1. The molecule has 7 nitrogen and oxygen atoms in total. The van der Waals surface area contributed by atoms with Crippen molar-refractivity contribution < 1.29 is 9.47 Å². The summed E-state index contributed by atoms with van der Waals surface area (Å²) >= 11 is 17.1. The highest BCUT2D eigenvalue weighted by molar-refractivity contribution is 6.76. The molecule has 1 aromatic carbocycles. The maximum Gasteiger partial charge on any atom is 0.265 e. The Balaban J connectivity index is 2.09. The molecule has 1 saturated heterocycles. The molecule has 2 rings (SSSR count). The van der Waals surface area contributed by atoms with E-state index in [1.165, 1.54) is 5.56 Å². The van der Waals surface area contributed by atoms with Crippen LogP contribution in [0.5, 0.6) is 0 Å². The fraction of sp³-hybridized carbons (Fsp3) is 0.632. The number of hydrogen-bond donors (Lipinski definition) is 1. The number of alkyl halides is 3. The second-order valence-electron chi connectivity index (χ2n) is 7.09. The Morgan fingerprint density at radius 1 is 1.38 bits per heavy atom. The van der Waals surface area contributed by atoms with Gasteiger partial charge in [-0.15, -0.1) is 0 Å². The molecule has 1 aliphatic rings. The average molecular weight is 463 g/mol. The Bertz CT molecular complexity index is 710. The molecule has 0 saturated carbocycles. The third-order valence-electron chi connectivity index (χ3n) is 5.00. The molecule has 0 aromatic heterocycles. The summed E-state index contributed by atoms with van der Waals surface area (Å²) < 4.78 is 9.45. The van der Waals surface area contributed by atoms with E-state index in [1.54, 1.807) is 0 Å². The Hall–Kier alpha value is -1.21. The van der Waals surface area contributed by atoms with Gasteiger partial charge in [-0.25, -0.2) is 0 Å². The molecule has 10 heteroatoms. The van der Waals surface area contributed by atoms with Gasteiger partial charge >= 0.3 is 0 Å². The lowest BCUT2D eigenvalue weighted by molar-refractivity contribution is -0.171. The van der Waals surface area contributed by atoms with Crippen LogP contribution in [0.25, 0.3) is 10.4 Å². The molecule has 0 bridgehead atoms. The van der Waals surface area contributed by atoms with Crippen LogP contribution in [-0.4, -0.2) is 45.6 Å². The molecule has 1 aromatic rings. The van der Waals surface area contributed by atoms with E-state index in [1.807, 2.05) is 18.2 Å². The lowest BCUT2D eigenvalue weighted by Gasteiger charge is -2.38. The Labute approximate surface area is 186 Å². The van der Waals surface area contributed by atoms with Gasteiger partial charge in [0.1, 0.15) is 0 Å². The van der Waals surface area contributed by atoms with Crippen LogP contribution in [0.2, 0.25) is 0 Å². The topological polar surface area (TPSA) is 94.3 Å². The first-order chi connectivity index (χ1) is 13.7. The zero-order valence-corrected chi connectivity index (χ0v) is 18.7. The smallest absolute Gasteiger partial charge is 0.265 e. The van der Waals surface area contributed by atoms with Gasteiger partial charge < -0.3 is 9.47 Å². The Morgan fingerprint density at radius 2 is 2.07 bits per heavy atom. The van der Waals surface area contributed by atoms with Crippen molar-refractivity contribution in [3.05, 3.63) is 46.3 Å². The molecule has 160 valence electrons. The minimum Gasteiger partial charge on any atom is -0.448 e. The van der Waals surface area contributed by atoms with Crippen LogP contribution < -0.4 is 0 Å². The first-order valence-electron chi connectivity index (χ1n) is 9.54. The summed E-state index contributed by atoms with van der Waals surface area (Å²) in [6.07, 6.45) is 1.13. The number of rotatable bonds is 8. The molecule has 0 amide bonds. The zero-order valence-electron chi connectivity index (χ0n) is 16.5. The van der Waals surface area contributed by atoms with Gasteiger partial charge in [-0.2, -0.15) is 0 Å². The summed E-state index contributed by atoms with van der Waals surface area (Å²) in [6, 6.07) is 10.0. The minimum atomic E-state index is -2.01. The fourth-order valence-electron chi connectivity index (χ4n) is 3.18. The third kappa shape index (κ3) is 7.52. The van der Waals surface area contributed by atoms with Gasteiger partial charge in [-0.3, -0.25) is 10.3 Å². The van der Waals surface area contributed by atoms with Crippen LogP contribution in [0, 0.1) is 5.41 Å². The van der Waals surface area contributed by atoms with Crippen LogP contribution in [0.4, 0.5) is 0 Å². The quantitative estimate of drug-likeness (QED) is 0.131. The van der Waals surface area contributed by atoms with Gasteiger partial charge in [-0.05, 0) is 37.3 Å². The first-order valence-corrected chi connectivity index (χ1v) is 10.7. The van der Waals surface area contributed by atoms with Gasteiger partial charge in [0.2, 0.25) is 12.2 Å². The molecular weight excluding hydrogens is 437 g/mol. The Kier molecular flexibility index (Phi) is 9.34. The van der Waals surface area contributed by atoms with Crippen molar-refractivity contribution in [1.29, 1.82) is 5.41 Å². The molecule has 4 atom stereocenters. The van der Waals surface area contributed by atoms with Crippen molar-refractivity contribution in [2.75, 3.05) is 6.54 Å². The van der Waals surface area contributed by atoms with Gasteiger partial charge in [0.05, 0.1) is 12.1 Å². The van der Waals surface area contributed by atoms with Crippen molar-refractivity contribution in [1.82, 2.24) is 4.90 Å². The lowest BCUT2D eigenvalue weighted by atomic mass is 10.0. The highest BCUT2D eigenvalue weighted by Crippen LogP contribution is 2.31. The number of hydrogen-bond acceptors (Lipinski definition) is 5. The second-order valence-corrected chi connectivity index (χ2v) is 9.37. The van der Waals surface area contributed by atoms with Crippen molar-refractivity contribution in [3.8, 4) is 0 Å². The maximum atomic E-state index is 8.82. The van der Waals surface area contributed by atoms with Gasteiger partial charge in [0.15, 0.2) is 0 Å². The molecule has 1 N–H and O–H groups in total. The van der Waals surface area contributed by atoms with Crippen molar-refractivity contribution in [2.24, 2.45) is 5.11 Å². The summed E-state index contributed by atoms with van der Waals surface area (Å²) in [5.74, 6) is -0.561. The van der Waals surface area contributed by atoms with E-state index in [-0.39, 0.29) is 6.10 Å². The van der Waals surface area contributed by atoms with Crippen molar-refractivity contribution >= 4 is 40.7 Å². The highest BCUT2D eigenvalue weighted by Gasteiger charge is 2.38. The number of nitrogens with zero attached hydrogens (tertiary/aromatic N) is 4. The highest BCUT2D eigenvalue weighted by atomic mass is 35.6. The minimum absolute atomic E-state index is 0.161. The maximum absolute atomic E-state index is 8.82. The number of halogens is 3. The zero-order chi connectivity index (χ0) is 21.4. The number of benzene rings is 1. The normalized spacial score (nSPS) is 23.3. The van der Waals surface area contributed by atoms with E-state index in [9.17, 15) is 0 Å². The number of ether oxygens (including phenoxy) is 2. The SMILES string of the molecule is CCC(C)N(Cc1ccccc1)C[C@@H]1CCC(N=[N+]=[N-])C(OC(=N)C(Cl)(Cl)Cl)O1. The summed E-state index contributed by atoms with van der Waals surface area (Å²) in [5.41, 5.74) is 10.0. The van der Waals surface area contributed by atoms with Gasteiger partial charge in [0.25, 0.3) is 3.79 Å². The van der Waals surface area contributed by atoms with Crippen LogP contribution in [-0.2, 0) is 16.0 Å². The molecule has 1 fully saturated rings. The van der Waals surface area contributed by atoms with E-state index in [4.69, 9.17) is 55.2 Å². The monoisotopic (exact) mass is 461 g/mol. The number of azide groups is 1. The average Bonchev–Trinajstić information content (AvgIpc) is 2.69. The molecule has 1 heterocycles. The molecular formula is C19H26Cl3N5O2. The fourth-order valence-corrected chi connectivity index (χ4v) is 3.31. The molecule has 29 heavy (non-hydrogen) atoms. The lowest BCUT2D eigenvalue weighted by Crippen LogP contribution is -2.47. The summed E-state index contributed by atoms with van der Waals surface area (Å²) in [4.78, 5) is 5.20. The van der Waals surface area contributed by atoms with E-state index >= 15 is 0 Å². The summed E-state index contributed by atoms with van der Waals surface area (Å²) in [7, 11) is 0. The van der Waals surface area contributed by atoms with Gasteiger partial charge in [-0.1, -0.05) is 77.2 Å². The first kappa shape index (κ1) is 24.1. The van der Waals surface area contributed by atoms with Crippen LogP contribution in [0.1, 0.15) is 38.7 Å². The molecule has 1 aliphatic heterocycles. The van der Waals surface area contributed by atoms with Gasteiger partial charge in [0, 0.05) is 24.0 Å². The van der Waals surface area contributed by atoms with Crippen molar-refractivity contribution in [2.45, 2.75) is 67.9 Å². The second kappa shape index (κ2) is 11.3. The van der Waals surface area contributed by atoms with Crippen molar-refractivity contribution in [3.63, 3.8) is 0 Å². The summed E-state index contributed by atoms with van der Waals surface area (Å²) in [5, 5.41) is 11.5. The third-order valence-corrected chi connectivity index (χ3v) is 5.51. The van der Waals surface area contributed by atoms with Crippen LogP contribution >= 0.6 is 34.8 Å². The molecule has 3 unspecified atom stereocenters. The standard InChI is InChI=1S/C19H26Cl3N5O2/c1-3-13(2)27(11-14-7-5-4-6-8-14)12-15-9-10-16(25-26-24)17(28-15)29-18(23)19(20,21)22/h4-8,13,15-17,23H,3,9-12H2,1-2H3/t13?,15-,16?,17?/m0/s1. The predicted molar refractivity (Wildman–Crippen MR) is 117 cm³/mol. The van der Waals surface area contributed by atoms with Crippen LogP contribution in [0.3, 0.4) is 0 Å². The molecule has 0 radical (unpaired) electrons. The van der Waals surface area contributed by atoms with E-state index in [0.717, 1.165) is 13.0 Å². The largest absolute Gasteiger partial charge is 0.448 e. The Morgan fingerprint density at radius 3 is 2.66 bits per heavy atom. The predicted octanol–water partition coefficient (Wildman–Crippen LogP) is 5.84. The molecule has 0 aliphatic carbocycles.